The van der Waals surface area contributed by atoms with E-state index in [1.165, 1.54) is 44.6 Å². The number of nitro groups is 1. The Morgan fingerprint density at radius 2 is 1.95 bits per heavy atom. The van der Waals surface area contributed by atoms with Crippen LogP contribution >= 0.6 is 0 Å². The molecule has 0 spiro atoms. The van der Waals surface area contributed by atoms with Gasteiger partial charge in [-0.3, -0.25) is 10.1 Å². The van der Waals surface area contributed by atoms with Crippen molar-refractivity contribution in [1.29, 1.82) is 0 Å². The molecule has 1 N–H and O–H groups in total. The molecule has 0 heterocycles. The van der Waals surface area contributed by atoms with Crippen LogP contribution in [0.3, 0.4) is 0 Å². The quantitative estimate of drug-likeness (QED) is 0.500. The molecule has 2 rings (SSSR count). The lowest BCUT2D eigenvalue weighted by molar-refractivity contribution is -0.384. The number of benzene rings is 1. The van der Waals surface area contributed by atoms with Crippen LogP contribution in [0, 0.1) is 16.0 Å². The van der Waals surface area contributed by atoms with Crippen LogP contribution in [-0.4, -0.2) is 11.5 Å². The predicted octanol–water partition coefficient (Wildman–Crippen LogP) is 3.65. The first kappa shape index (κ1) is 14.0. The van der Waals surface area contributed by atoms with E-state index in [1.807, 2.05) is 6.07 Å². The largest absolute Gasteiger partial charge is 0.312 e. The first-order chi connectivity index (χ1) is 9.25. The third-order valence-corrected chi connectivity index (χ3v) is 3.86. The first-order valence-corrected chi connectivity index (χ1v) is 7.20. The van der Waals surface area contributed by atoms with Gasteiger partial charge in [-0.05, 0) is 30.9 Å². The Hall–Kier alpha value is -1.42. The Kier molecular flexibility index (Phi) is 5.33. The minimum atomic E-state index is -0.338. The van der Waals surface area contributed by atoms with Crippen LogP contribution in [0.2, 0.25) is 0 Å². The second-order valence-electron chi connectivity index (χ2n) is 5.42. The molecule has 0 amide bonds. The van der Waals surface area contributed by atoms with Gasteiger partial charge in [0.05, 0.1) is 4.92 Å². The van der Waals surface area contributed by atoms with E-state index in [0.29, 0.717) is 0 Å². The SMILES string of the molecule is O=[N+]([O-])c1cccc(CNCC2CCCCCC2)c1. The minimum absolute atomic E-state index is 0.175. The standard InChI is InChI=1S/C15H22N2O2/c18-17(19)15-9-5-8-14(10-15)12-16-11-13-6-3-1-2-4-7-13/h5,8-10,13,16H,1-4,6-7,11-12H2. The van der Waals surface area contributed by atoms with Gasteiger partial charge >= 0.3 is 0 Å². The molecule has 1 aromatic carbocycles. The van der Waals surface area contributed by atoms with Crippen molar-refractivity contribution >= 4 is 5.69 Å². The van der Waals surface area contributed by atoms with Gasteiger partial charge in [0.25, 0.3) is 5.69 Å². The van der Waals surface area contributed by atoms with Gasteiger partial charge in [-0.2, -0.15) is 0 Å². The zero-order chi connectivity index (χ0) is 13.5. The van der Waals surface area contributed by atoms with Crippen molar-refractivity contribution in [3.63, 3.8) is 0 Å². The topological polar surface area (TPSA) is 55.2 Å². The van der Waals surface area contributed by atoms with Gasteiger partial charge in [-0.25, -0.2) is 0 Å². The summed E-state index contributed by atoms with van der Waals surface area (Å²) in [5, 5.41) is 14.1. The van der Waals surface area contributed by atoms with Crippen LogP contribution in [0.1, 0.15) is 44.1 Å². The molecule has 0 atom stereocenters. The first-order valence-electron chi connectivity index (χ1n) is 7.20. The smallest absolute Gasteiger partial charge is 0.269 e. The van der Waals surface area contributed by atoms with E-state index in [4.69, 9.17) is 0 Å². The molecular weight excluding hydrogens is 240 g/mol. The summed E-state index contributed by atoms with van der Waals surface area (Å²) in [6.45, 7) is 1.75. The maximum absolute atomic E-state index is 10.7. The molecule has 0 bridgehead atoms. The summed E-state index contributed by atoms with van der Waals surface area (Å²) in [6.07, 6.45) is 8.10. The summed E-state index contributed by atoms with van der Waals surface area (Å²) in [5.41, 5.74) is 1.16. The molecule has 1 aliphatic rings. The van der Waals surface area contributed by atoms with Crippen molar-refractivity contribution in [1.82, 2.24) is 5.32 Å². The fourth-order valence-corrected chi connectivity index (χ4v) is 2.77. The van der Waals surface area contributed by atoms with Crippen molar-refractivity contribution < 1.29 is 4.92 Å². The third-order valence-electron chi connectivity index (χ3n) is 3.86. The summed E-state index contributed by atoms with van der Waals surface area (Å²) in [6, 6.07) is 6.88. The Balaban J connectivity index is 1.78. The number of nitrogens with one attached hydrogen (secondary N) is 1. The highest BCUT2D eigenvalue weighted by atomic mass is 16.6. The normalized spacial score (nSPS) is 17.1. The lowest BCUT2D eigenvalue weighted by Crippen LogP contribution is -2.22. The number of nitro benzene ring substituents is 1. The van der Waals surface area contributed by atoms with Gasteiger partial charge in [-0.15, -0.1) is 0 Å². The van der Waals surface area contributed by atoms with Gasteiger partial charge in [-0.1, -0.05) is 37.8 Å². The number of hydrogen-bond acceptors (Lipinski definition) is 3. The Bertz CT molecular complexity index is 412. The molecule has 4 heteroatoms. The molecule has 0 aromatic heterocycles. The lowest BCUT2D eigenvalue weighted by atomic mass is 10.0. The molecule has 1 fully saturated rings. The van der Waals surface area contributed by atoms with Gasteiger partial charge in [0.2, 0.25) is 0 Å². The molecule has 1 aliphatic carbocycles. The van der Waals surface area contributed by atoms with Gasteiger partial charge < -0.3 is 5.32 Å². The number of rotatable bonds is 5. The highest BCUT2D eigenvalue weighted by Gasteiger charge is 2.12. The van der Waals surface area contributed by atoms with Crippen molar-refractivity contribution in [2.45, 2.75) is 45.1 Å². The number of hydrogen-bond donors (Lipinski definition) is 1. The summed E-state index contributed by atoms with van der Waals surface area (Å²) >= 11 is 0. The van der Waals surface area contributed by atoms with Crippen LogP contribution < -0.4 is 5.32 Å². The lowest BCUT2D eigenvalue weighted by Gasteiger charge is -2.14. The van der Waals surface area contributed by atoms with Crippen molar-refractivity contribution in [3.8, 4) is 0 Å². The maximum atomic E-state index is 10.7. The second-order valence-corrected chi connectivity index (χ2v) is 5.42. The highest BCUT2D eigenvalue weighted by Crippen LogP contribution is 2.22. The van der Waals surface area contributed by atoms with Crippen LogP contribution in [0.5, 0.6) is 0 Å². The van der Waals surface area contributed by atoms with Crippen molar-refractivity contribution in [2.24, 2.45) is 5.92 Å². The van der Waals surface area contributed by atoms with E-state index in [2.05, 4.69) is 5.32 Å². The monoisotopic (exact) mass is 262 g/mol. The number of nitrogens with zero attached hydrogens (tertiary/aromatic N) is 1. The van der Waals surface area contributed by atoms with Crippen LogP contribution in [0.25, 0.3) is 0 Å². The molecule has 0 saturated heterocycles. The number of non-ortho nitro benzene ring substituents is 1. The van der Waals surface area contributed by atoms with Crippen molar-refractivity contribution in [3.05, 3.63) is 39.9 Å². The van der Waals surface area contributed by atoms with E-state index in [9.17, 15) is 10.1 Å². The molecule has 1 saturated carbocycles. The van der Waals surface area contributed by atoms with Gasteiger partial charge in [0.1, 0.15) is 0 Å². The Labute approximate surface area is 114 Å². The van der Waals surface area contributed by atoms with E-state index in [-0.39, 0.29) is 10.6 Å². The average molecular weight is 262 g/mol. The maximum Gasteiger partial charge on any atom is 0.269 e. The van der Waals surface area contributed by atoms with E-state index in [1.54, 1.807) is 12.1 Å². The van der Waals surface area contributed by atoms with Gasteiger partial charge in [0.15, 0.2) is 0 Å². The molecule has 0 radical (unpaired) electrons. The van der Waals surface area contributed by atoms with Crippen LogP contribution in [-0.2, 0) is 6.54 Å². The van der Waals surface area contributed by atoms with E-state index in [0.717, 1.165) is 24.6 Å². The Morgan fingerprint density at radius 3 is 2.63 bits per heavy atom. The molecule has 4 nitrogen and oxygen atoms in total. The Morgan fingerprint density at radius 1 is 1.21 bits per heavy atom. The minimum Gasteiger partial charge on any atom is -0.312 e. The van der Waals surface area contributed by atoms with Gasteiger partial charge in [0, 0.05) is 18.7 Å². The third kappa shape index (κ3) is 4.63. The fourth-order valence-electron chi connectivity index (χ4n) is 2.77. The molecule has 19 heavy (non-hydrogen) atoms. The summed E-state index contributed by atoms with van der Waals surface area (Å²) < 4.78 is 0. The predicted molar refractivity (Wildman–Crippen MR) is 76.0 cm³/mol. The molecule has 1 aromatic rings. The summed E-state index contributed by atoms with van der Waals surface area (Å²) in [4.78, 5) is 10.4. The van der Waals surface area contributed by atoms with Crippen LogP contribution in [0.15, 0.2) is 24.3 Å². The molecule has 104 valence electrons. The second kappa shape index (κ2) is 7.24. The fraction of sp³-hybridized carbons (Fsp3) is 0.600. The molecular formula is C15H22N2O2. The highest BCUT2D eigenvalue weighted by molar-refractivity contribution is 5.34. The molecule has 0 aliphatic heterocycles. The van der Waals surface area contributed by atoms with E-state index >= 15 is 0 Å². The summed E-state index contributed by atoms with van der Waals surface area (Å²) in [5.74, 6) is 0.779. The zero-order valence-electron chi connectivity index (χ0n) is 11.3. The molecule has 0 unspecified atom stereocenters. The summed E-state index contributed by atoms with van der Waals surface area (Å²) in [7, 11) is 0. The average Bonchev–Trinajstić information content (AvgIpc) is 2.68. The zero-order valence-corrected chi connectivity index (χ0v) is 11.3. The van der Waals surface area contributed by atoms with Crippen LogP contribution in [0.4, 0.5) is 5.69 Å². The van der Waals surface area contributed by atoms with Crippen molar-refractivity contribution in [2.75, 3.05) is 6.54 Å². The van der Waals surface area contributed by atoms with E-state index < -0.39 is 0 Å².